The third-order valence-electron chi connectivity index (χ3n) is 7.22. The van der Waals surface area contributed by atoms with Gasteiger partial charge in [-0.3, -0.25) is 4.79 Å². The van der Waals surface area contributed by atoms with Crippen molar-refractivity contribution in [3.05, 3.63) is 58.6 Å². The summed E-state index contributed by atoms with van der Waals surface area (Å²) in [6.45, 7) is 14.1. The van der Waals surface area contributed by atoms with Crippen LogP contribution >= 0.6 is 11.6 Å². The van der Waals surface area contributed by atoms with E-state index in [0.29, 0.717) is 35.1 Å². The van der Waals surface area contributed by atoms with E-state index < -0.39 is 0 Å². The van der Waals surface area contributed by atoms with Gasteiger partial charge in [0.05, 0.1) is 38.8 Å². The summed E-state index contributed by atoms with van der Waals surface area (Å²) in [5, 5.41) is 3.84. The number of halogens is 2. The van der Waals surface area contributed by atoms with Crippen LogP contribution in [0.5, 0.6) is 5.75 Å². The Morgan fingerprint density at radius 2 is 1.71 bits per heavy atom. The Morgan fingerprint density at radius 1 is 1.09 bits per heavy atom. The summed E-state index contributed by atoms with van der Waals surface area (Å²) in [4.78, 5) is 12.7. The summed E-state index contributed by atoms with van der Waals surface area (Å²) < 4.78 is 6.16. The number of carbonyl (C=O) groups excluding carboxylic acids is 1. The van der Waals surface area contributed by atoms with Gasteiger partial charge in [0.25, 0.3) is 5.91 Å². The highest BCUT2D eigenvalue weighted by Gasteiger charge is 2.36. The van der Waals surface area contributed by atoms with Crippen molar-refractivity contribution < 1.29 is 26.4 Å². The van der Waals surface area contributed by atoms with E-state index in [9.17, 15) is 4.79 Å². The maximum Gasteiger partial charge on any atom is 0.251 e. The minimum atomic E-state index is -0.0427. The smallest absolute Gasteiger partial charge is 0.251 e. The second-order valence-electron chi connectivity index (χ2n) is 9.89. The molecule has 35 heavy (non-hydrogen) atoms. The van der Waals surface area contributed by atoms with E-state index in [4.69, 9.17) is 22.1 Å². The van der Waals surface area contributed by atoms with Crippen molar-refractivity contribution in [2.24, 2.45) is 5.92 Å². The number of quaternary nitrogens is 1. The SMILES string of the molecule is CCC(CCc1cc(N)cc(Cl)c1)C[N+](CCNC(=O)c1ccc(OC)cc1)(C(C)C)C(C)C.[Cl-]. The first-order valence-electron chi connectivity index (χ1n) is 12.4. The largest absolute Gasteiger partial charge is 1.00 e. The summed E-state index contributed by atoms with van der Waals surface area (Å²) in [5.41, 5.74) is 8.56. The molecule has 2 rings (SSSR count). The lowest BCUT2D eigenvalue weighted by Gasteiger charge is -2.48. The lowest BCUT2D eigenvalue weighted by molar-refractivity contribution is -0.968. The van der Waals surface area contributed by atoms with Crippen molar-refractivity contribution in [2.45, 2.75) is 66.0 Å². The minimum absolute atomic E-state index is 0. The van der Waals surface area contributed by atoms with Crippen molar-refractivity contribution in [1.29, 1.82) is 0 Å². The Labute approximate surface area is 223 Å². The first-order chi connectivity index (χ1) is 16.1. The van der Waals surface area contributed by atoms with Crippen LogP contribution in [0.3, 0.4) is 0 Å². The van der Waals surface area contributed by atoms with E-state index in [1.54, 1.807) is 25.3 Å². The standard InChI is InChI=1S/C28H42ClN3O2.ClH/c1-7-22(8-9-23-16-25(29)18-26(30)17-23)19-32(20(2)3,21(4)5)15-14-31-28(33)24-10-12-27(34-6)13-11-24;/h10-13,16-18,20-22H,7-9,14-15,19,30H2,1-6H3;1H. The summed E-state index contributed by atoms with van der Waals surface area (Å²) >= 11 is 6.21. The molecule has 0 saturated carbocycles. The Hall–Kier alpha value is -1.95. The number of hydrogen-bond donors (Lipinski definition) is 2. The lowest BCUT2D eigenvalue weighted by atomic mass is 9.93. The average molecular weight is 525 g/mol. The number of carbonyl (C=O) groups is 1. The van der Waals surface area contributed by atoms with Crippen LogP contribution in [0, 0.1) is 5.92 Å². The highest BCUT2D eigenvalue weighted by molar-refractivity contribution is 6.30. The minimum Gasteiger partial charge on any atom is -1.00 e. The van der Waals surface area contributed by atoms with Gasteiger partial charge in [0.2, 0.25) is 0 Å². The number of anilines is 1. The second kappa shape index (κ2) is 14.6. The number of nitrogens with one attached hydrogen (secondary N) is 1. The van der Waals surface area contributed by atoms with Crippen molar-refractivity contribution in [2.75, 3.05) is 32.5 Å². The monoisotopic (exact) mass is 523 g/mol. The average Bonchev–Trinajstić information content (AvgIpc) is 2.79. The number of nitrogen functional groups attached to an aromatic ring is 1. The molecule has 0 fully saturated rings. The topological polar surface area (TPSA) is 64.3 Å². The third kappa shape index (κ3) is 8.89. The molecule has 0 aliphatic heterocycles. The number of aryl methyl sites for hydroxylation is 1. The number of hydrogen-bond acceptors (Lipinski definition) is 3. The molecule has 2 aromatic carbocycles. The second-order valence-corrected chi connectivity index (χ2v) is 10.3. The number of rotatable bonds is 13. The number of nitrogens with zero attached hydrogens (tertiary/aromatic N) is 1. The zero-order chi connectivity index (χ0) is 25.3. The zero-order valence-electron chi connectivity index (χ0n) is 22.1. The van der Waals surface area contributed by atoms with E-state index in [1.165, 1.54) is 5.56 Å². The van der Waals surface area contributed by atoms with Gasteiger partial charge in [-0.2, -0.15) is 0 Å². The zero-order valence-corrected chi connectivity index (χ0v) is 23.6. The molecule has 0 aliphatic carbocycles. The summed E-state index contributed by atoms with van der Waals surface area (Å²) in [7, 11) is 1.62. The van der Waals surface area contributed by atoms with E-state index in [0.717, 1.165) is 48.3 Å². The van der Waals surface area contributed by atoms with Crippen LogP contribution in [0.2, 0.25) is 5.02 Å². The first-order valence-corrected chi connectivity index (χ1v) is 12.8. The molecule has 2 aromatic rings. The van der Waals surface area contributed by atoms with Gasteiger partial charge in [0.1, 0.15) is 5.75 Å². The molecule has 5 nitrogen and oxygen atoms in total. The molecule has 1 atom stereocenters. The normalized spacial score (nSPS) is 12.4. The maximum absolute atomic E-state index is 12.7. The van der Waals surface area contributed by atoms with Gasteiger partial charge in [-0.15, -0.1) is 0 Å². The van der Waals surface area contributed by atoms with Gasteiger partial charge in [-0.05, 0) is 95.0 Å². The van der Waals surface area contributed by atoms with Gasteiger partial charge in [-0.1, -0.05) is 18.5 Å². The Bertz CT molecular complexity index is 889. The summed E-state index contributed by atoms with van der Waals surface area (Å²) in [6.07, 6.45) is 3.18. The Morgan fingerprint density at radius 3 is 2.23 bits per heavy atom. The quantitative estimate of drug-likeness (QED) is 0.313. The molecular weight excluding hydrogens is 481 g/mol. The maximum atomic E-state index is 12.7. The molecule has 196 valence electrons. The van der Waals surface area contributed by atoms with Gasteiger partial charge in [0, 0.05) is 22.2 Å². The molecule has 0 bridgehead atoms. The fourth-order valence-electron chi connectivity index (χ4n) is 4.94. The highest BCUT2D eigenvalue weighted by atomic mass is 35.5. The highest BCUT2D eigenvalue weighted by Crippen LogP contribution is 2.27. The predicted octanol–water partition coefficient (Wildman–Crippen LogP) is 2.96. The molecule has 1 unspecified atom stereocenters. The fourth-order valence-corrected chi connectivity index (χ4v) is 5.21. The van der Waals surface area contributed by atoms with Crippen LogP contribution in [-0.2, 0) is 6.42 Å². The first kappa shape index (κ1) is 31.1. The van der Waals surface area contributed by atoms with E-state index >= 15 is 0 Å². The molecule has 1 amide bonds. The van der Waals surface area contributed by atoms with Crippen LogP contribution in [0.4, 0.5) is 5.69 Å². The van der Waals surface area contributed by atoms with Gasteiger partial charge < -0.3 is 32.7 Å². The van der Waals surface area contributed by atoms with Crippen LogP contribution in [-0.4, -0.2) is 49.2 Å². The number of methoxy groups -OCH3 is 1. The number of benzene rings is 2. The lowest BCUT2D eigenvalue weighted by Crippen LogP contribution is -3.00. The molecular formula is C28H43Cl2N3O2. The fraction of sp³-hybridized carbons (Fsp3) is 0.536. The van der Waals surface area contributed by atoms with Crippen LogP contribution < -0.4 is 28.2 Å². The van der Waals surface area contributed by atoms with E-state index in [-0.39, 0.29) is 18.3 Å². The predicted molar refractivity (Wildman–Crippen MR) is 144 cm³/mol. The number of ether oxygens (including phenoxy) is 1. The van der Waals surface area contributed by atoms with Gasteiger partial charge in [0.15, 0.2) is 0 Å². The van der Waals surface area contributed by atoms with Crippen LogP contribution in [0.1, 0.15) is 63.4 Å². The number of nitrogens with two attached hydrogens (primary N) is 1. The molecule has 0 aromatic heterocycles. The molecule has 0 spiro atoms. The van der Waals surface area contributed by atoms with Crippen LogP contribution in [0.25, 0.3) is 0 Å². The van der Waals surface area contributed by atoms with Crippen molar-refractivity contribution in [3.63, 3.8) is 0 Å². The van der Waals surface area contributed by atoms with Gasteiger partial charge in [-0.25, -0.2) is 0 Å². The van der Waals surface area contributed by atoms with E-state index in [1.807, 2.05) is 24.3 Å². The Balaban J connectivity index is 0.00000612. The van der Waals surface area contributed by atoms with Crippen molar-refractivity contribution in [3.8, 4) is 5.75 Å². The summed E-state index contributed by atoms with van der Waals surface area (Å²) in [6, 6.07) is 14.0. The molecule has 3 N–H and O–H groups in total. The summed E-state index contributed by atoms with van der Waals surface area (Å²) in [5.74, 6) is 1.28. The molecule has 0 radical (unpaired) electrons. The van der Waals surface area contributed by atoms with Crippen LogP contribution in [0.15, 0.2) is 42.5 Å². The Kier molecular flexibility index (Phi) is 12.9. The molecule has 0 saturated heterocycles. The van der Waals surface area contributed by atoms with Crippen molar-refractivity contribution >= 4 is 23.2 Å². The molecule has 0 heterocycles. The molecule has 0 aliphatic rings. The van der Waals surface area contributed by atoms with E-state index in [2.05, 4.69) is 39.9 Å². The third-order valence-corrected chi connectivity index (χ3v) is 7.44. The van der Waals surface area contributed by atoms with Crippen molar-refractivity contribution in [1.82, 2.24) is 5.32 Å². The van der Waals surface area contributed by atoms with Gasteiger partial charge >= 0.3 is 0 Å². The molecule has 7 heteroatoms. The number of amides is 1.